The number of nitrogens with zero attached hydrogens (tertiary/aromatic N) is 8. The van der Waals surface area contributed by atoms with E-state index in [9.17, 15) is 31.1 Å². The molecule has 0 radical (unpaired) electrons. The van der Waals surface area contributed by atoms with Gasteiger partial charge in [-0.15, -0.1) is 0 Å². The van der Waals surface area contributed by atoms with Crippen LogP contribution in [0.3, 0.4) is 0 Å². The molecule has 1 aliphatic heterocycles. The molecule has 37 heavy (non-hydrogen) atoms. The van der Waals surface area contributed by atoms with Gasteiger partial charge in [-0.2, -0.15) is 31.4 Å². The van der Waals surface area contributed by atoms with Gasteiger partial charge in [-0.3, -0.25) is 4.79 Å². The maximum absolute atomic E-state index is 13.5. The molecule has 0 N–H and O–H groups in total. The average molecular weight is 550 g/mol. The van der Waals surface area contributed by atoms with Crippen LogP contribution in [0.4, 0.5) is 31.3 Å². The highest BCUT2D eigenvalue weighted by Crippen LogP contribution is 2.43. The van der Waals surface area contributed by atoms with Crippen molar-refractivity contribution in [2.75, 3.05) is 31.6 Å². The molecule has 17 heteroatoms. The normalized spacial score (nSPS) is 16.9. The van der Waals surface area contributed by atoms with Crippen molar-refractivity contribution in [3.63, 3.8) is 0 Å². The number of piperazine rings is 1. The van der Waals surface area contributed by atoms with Crippen LogP contribution < -0.4 is 4.90 Å². The summed E-state index contributed by atoms with van der Waals surface area (Å²) in [5.41, 5.74) is -0.259. The van der Waals surface area contributed by atoms with Crippen LogP contribution in [0.25, 0.3) is 11.3 Å². The molecule has 0 bridgehead atoms. The number of rotatable bonds is 6. The minimum atomic E-state index is -4.80. The van der Waals surface area contributed by atoms with E-state index >= 15 is 0 Å². The maximum Gasteiger partial charge on any atom is 0.451 e. The highest BCUT2D eigenvalue weighted by molar-refractivity contribution is 7.16. The van der Waals surface area contributed by atoms with Gasteiger partial charge in [-0.1, -0.05) is 11.3 Å². The standard InChI is InChI=1S/C20H20F6N8O2S/c1-11-7-32(3-4-34(11)14(35)8-33-10-29-13(31-33)9-36-2)16-15(30-18(37-16)20(24,25)26)12-5-27-17(28-6-12)19(21,22)23/h5-6,10-11H,3-4,7-9H2,1-2H3. The summed E-state index contributed by atoms with van der Waals surface area (Å²) in [7, 11) is 1.49. The average Bonchev–Trinajstić information content (AvgIpc) is 3.46. The van der Waals surface area contributed by atoms with Gasteiger partial charge in [0, 0.05) is 50.7 Å². The Morgan fingerprint density at radius 3 is 2.41 bits per heavy atom. The van der Waals surface area contributed by atoms with Crippen LogP contribution in [0, 0.1) is 0 Å². The second-order valence-electron chi connectivity index (χ2n) is 8.14. The summed E-state index contributed by atoms with van der Waals surface area (Å²) in [6.07, 6.45) is -6.55. The van der Waals surface area contributed by atoms with E-state index in [0.717, 1.165) is 12.4 Å². The Morgan fingerprint density at radius 1 is 1.11 bits per heavy atom. The van der Waals surface area contributed by atoms with Crippen molar-refractivity contribution < 1.29 is 35.9 Å². The lowest BCUT2D eigenvalue weighted by atomic mass is 10.1. The topological polar surface area (TPSA) is 102 Å². The largest absolute Gasteiger partial charge is 0.451 e. The van der Waals surface area contributed by atoms with Crippen molar-refractivity contribution in [1.29, 1.82) is 0 Å². The summed E-state index contributed by atoms with van der Waals surface area (Å²) >= 11 is 0.374. The summed E-state index contributed by atoms with van der Waals surface area (Å²) in [6.45, 7) is 2.41. The van der Waals surface area contributed by atoms with E-state index in [0.29, 0.717) is 17.2 Å². The Labute approximate surface area is 209 Å². The molecule has 1 aliphatic rings. The zero-order valence-electron chi connectivity index (χ0n) is 19.4. The molecule has 0 aliphatic carbocycles. The fourth-order valence-electron chi connectivity index (χ4n) is 3.78. The van der Waals surface area contributed by atoms with Crippen molar-refractivity contribution in [3.8, 4) is 11.3 Å². The van der Waals surface area contributed by atoms with Gasteiger partial charge in [0.2, 0.25) is 16.7 Å². The second kappa shape index (κ2) is 10.2. The molecular weight excluding hydrogens is 530 g/mol. The zero-order chi connectivity index (χ0) is 27.0. The van der Waals surface area contributed by atoms with E-state index in [1.54, 1.807) is 16.7 Å². The molecule has 0 saturated carbocycles. The number of hydrogen-bond donors (Lipinski definition) is 0. The molecule has 0 aromatic carbocycles. The lowest BCUT2D eigenvalue weighted by Gasteiger charge is -2.40. The SMILES string of the molecule is COCc1ncn(CC(=O)N2CCN(c3sc(C(F)(F)F)nc3-c3cnc(C(F)(F)F)nc3)CC2C)n1. The monoisotopic (exact) mass is 550 g/mol. The first kappa shape index (κ1) is 26.7. The van der Waals surface area contributed by atoms with Gasteiger partial charge in [0.05, 0.1) is 0 Å². The van der Waals surface area contributed by atoms with Crippen LogP contribution in [0.5, 0.6) is 0 Å². The molecule has 10 nitrogen and oxygen atoms in total. The number of aromatic nitrogens is 6. The molecule has 1 saturated heterocycles. The zero-order valence-corrected chi connectivity index (χ0v) is 20.2. The summed E-state index contributed by atoms with van der Waals surface area (Å²) < 4.78 is 85.2. The fourth-order valence-corrected chi connectivity index (χ4v) is 4.77. The highest BCUT2D eigenvalue weighted by atomic mass is 32.1. The number of anilines is 1. The van der Waals surface area contributed by atoms with E-state index in [2.05, 4.69) is 25.0 Å². The predicted octanol–water partition coefficient (Wildman–Crippen LogP) is 3.11. The third kappa shape index (κ3) is 5.98. The van der Waals surface area contributed by atoms with E-state index in [1.807, 2.05) is 0 Å². The molecule has 200 valence electrons. The first-order chi connectivity index (χ1) is 17.4. The quantitative estimate of drug-likeness (QED) is 0.432. The summed E-state index contributed by atoms with van der Waals surface area (Å²) in [5, 5.41) is 3.10. The van der Waals surface area contributed by atoms with Gasteiger partial charge < -0.3 is 14.5 Å². The van der Waals surface area contributed by atoms with Gasteiger partial charge in [0.15, 0.2) is 5.82 Å². The van der Waals surface area contributed by atoms with Gasteiger partial charge in [-0.05, 0) is 6.92 Å². The molecule has 1 unspecified atom stereocenters. The molecule has 1 fully saturated rings. The van der Waals surface area contributed by atoms with Crippen molar-refractivity contribution in [2.24, 2.45) is 0 Å². The summed E-state index contributed by atoms with van der Waals surface area (Å²) in [4.78, 5) is 30.2. The van der Waals surface area contributed by atoms with Crippen LogP contribution in [0.1, 0.15) is 23.6 Å². The minimum absolute atomic E-state index is 0.0754. The molecule has 3 aromatic rings. The van der Waals surface area contributed by atoms with Crippen LogP contribution >= 0.6 is 11.3 Å². The number of carbonyl (C=O) groups is 1. The van der Waals surface area contributed by atoms with Gasteiger partial charge >= 0.3 is 12.4 Å². The van der Waals surface area contributed by atoms with Crippen LogP contribution in [0.15, 0.2) is 18.7 Å². The Morgan fingerprint density at radius 2 is 1.81 bits per heavy atom. The highest BCUT2D eigenvalue weighted by Gasteiger charge is 2.39. The Hall–Kier alpha value is -3.34. The lowest BCUT2D eigenvalue weighted by molar-refractivity contribution is -0.145. The van der Waals surface area contributed by atoms with Crippen LogP contribution in [-0.4, -0.2) is 73.3 Å². The Balaban J connectivity index is 1.53. The third-order valence-corrected chi connectivity index (χ3v) is 6.58. The fraction of sp³-hybridized carbons (Fsp3) is 0.500. The molecule has 1 amide bonds. The predicted molar refractivity (Wildman–Crippen MR) is 117 cm³/mol. The lowest BCUT2D eigenvalue weighted by Crippen LogP contribution is -2.54. The number of alkyl halides is 6. The van der Waals surface area contributed by atoms with Gasteiger partial charge in [0.25, 0.3) is 0 Å². The second-order valence-corrected chi connectivity index (χ2v) is 9.11. The van der Waals surface area contributed by atoms with Crippen molar-refractivity contribution in [2.45, 2.75) is 38.5 Å². The molecule has 4 heterocycles. The molecule has 1 atom stereocenters. The number of hydrogen-bond acceptors (Lipinski definition) is 9. The molecule has 3 aromatic heterocycles. The summed E-state index contributed by atoms with van der Waals surface area (Å²) in [5.74, 6) is -1.25. The number of carbonyl (C=O) groups excluding carboxylic acids is 1. The van der Waals surface area contributed by atoms with Crippen LogP contribution in [0.2, 0.25) is 0 Å². The summed E-state index contributed by atoms with van der Waals surface area (Å²) in [6, 6.07) is -0.392. The van der Waals surface area contributed by atoms with Crippen molar-refractivity contribution in [3.05, 3.63) is 35.4 Å². The van der Waals surface area contributed by atoms with E-state index in [1.165, 1.54) is 18.1 Å². The van der Waals surface area contributed by atoms with Crippen molar-refractivity contribution in [1.82, 2.24) is 34.6 Å². The molecule has 4 rings (SSSR count). The first-order valence-corrected chi connectivity index (χ1v) is 11.6. The van der Waals surface area contributed by atoms with E-state index < -0.39 is 29.2 Å². The first-order valence-electron chi connectivity index (χ1n) is 10.8. The van der Waals surface area contributed by atoms with Gasteiger partial charge in [0.1, 0.15) is 30.2 Å². The van der Waals surface area contributed by atoms with Gasteiger partial charge in [-0.25, -0.2) is 24.6 Å². The number of methoxy groups -OCH3 is 1. The minimum Gasteiger partial charge on any atom is -0.377 e. The third-order valence-electron chi connectivity index (χ3n) is 5.42. The van der Waals surface area contributed by atoms with Crippen LogP contribution in [-0.2, 0) is 35.0 Å². The maximum atomic E-state index is 13.5. The van der Waals surface area contributed by atoms with Crippen molar-refractivity contribution >= 4 is 22.2 Å². The van der Waals surface area contributed by atoms with E-state index in [-0.39, 0.29) is 55.0 Å². The molecular formula is C20H20F6N8O2S. The number of amides is 1. The smallest absolute Gasteiger partial charge is 0.377 e. The van der Waals surface area contributed by atoms with E-state index in [4.69, 9.17) is 4.74 Å². The number of ether oxygens (including phenoxy) is 1. The Bertz CT molecular complexity index is 1240. The number of thiazole rings is 1. The molecule has 0 spiro atoms. The Kier molecular flexibility index (Phi) is 7.36. The number of halogens is 6.